The van der Waals surface area contributed by atoms with Crippen LogP contribution in [-0.2, 0) is 14.4 Å². The van der Waals surface area contributed by atoms with E-state index >= 15 is 0 Å². The Morgan fingerprint density at radius 2 is 1.59 bits per heavy atom. The number of hydrogen-bond acceptors (Lipinski definition) is 7. The lowest BCUT2D eigenvalue weighted by Crippen LogP contribution is -2.37. The Hall–Kier alpha value is -4.24. The number of hydroxylamine groups is 1. The third-order valence-electron chi connectivity index (χ3n) is 5.98. The van der Waals surface area contributed by atoms with E-state index in [9.17, 15) is 19.7 Å². The van der Waals surface area contributed by atoms with Gasteiger partial charge in [-0.15, -0.1) is 0 Å². The summed E-state index contributed by atoms with van der Waals surface area (Å²) in [5.41, 5.74) is 1.69. The van der Waals surface area contributed by atoms with Crippen molar-refractivity contribution in [1.29, 1.82) is 0 Å². The predicted octanol–water partition coefficient (Wildman–Crippen LogP) is 4.04. The molecule has 9 heteroatoms. The van der Waals surface area contributed by atoms with E-state index in [0.29, 0.717) is 29.3 Å². The van der Waals surface area contributed by atoms with Crippen LogP contribution >= 0.6 is 0 Å². The molecule has 0 unspecified atom stereocenters. The normalized spacial score (nSPS) is 21.6. The molecule has 0 spiro atoms. The highest BCUT2D eigenvalue weighted by molar-refractivity contribution is 6.23. The molecule has 3 aromatic carbocycles. The first-order valence-corrected chi connectivity index (χ1v) is 10.9. The summed E-state index contributed by atoms with van der Waals surface area (Å²) in [6, 6.07) is 21.2. The number of carbonyl (C=O) groups is 2. The molecular formula is C25H21N3O6. The van der Waals surface area contributed by atoms with Crippen LogP contribution in [0.2, 0.25) is 0 Å². The highest BCUT2D eigenvalue weighted by Crippen LogP contribution is 2.47. The molecule has 2 heterocycles. The van der Waals surface area contributed by atoms with E-state index < -0.39 is 28.9 Å². The van der Waals surface area contributed by atoms with Gasteiger partial charge >= 0.3 is 0 Å². The highest BCUT2D eigenvalue weighted by atomic mass is 16.7. The number of nitrogens with zero attached hydrogens (tertiary/aromatic N) is 3. The molecule has 0 saturated carbocycles. The van der Waals surface area contributed by atoms with Crippen molar-refractivity contribution in [2.24, 2.45) is 5.92 Å². The molecule has 2 aliphatic heterocycles. The van der Waals surface area contributed by atoms with Gasteiger partial charge in [0, 0.05) is 12.1 Å². The molecule has 5 rings (SSSR count). The average molecular weight is 459 g/mol. The number of fused-ring (bicyclic) bond motifs is 1. The minimum Gasteiger partial charge on any atom is -0.494 e. The summed E-state index contributed by atoms with van der Waals surface area (Å²) >= 11 is 0. The van der Waals surface area contributed by atoms with E-state index in [-0.39, 0.29) is 11.6 Å². The van der Waals surface area contributed by atoms with E-state index in [0.717, 1.165) is 4.90 Å². The lowest BCUT2D eigenvalue weighted by Gasteiger charge is -2.28. The van der Waals surface area contributed by atoms with Crippen molar-refractivity contribution in [2.45, 2.75) is 19.1 Å². The molecule has 172 valence electrons. The third-order valence-corrected chi connectivity index (χ3v) is 5.98. The van der Waals surface area contributed by atoms with Gasteiger partial charge in [0.15, 0.2) is 6.10 Å². The summed E-state index contributed by atoms with van der Waals surface area (Å²) in [7, 11) is 0. The third kappa shape index (κ3) is 3.56. The molecule has 0 bridgehead atoms. The van der Waals surface area contributed by atoms with Crippen LogP contribution in [0, 0.1) is 16.0 Å². The number of nitro groups is 1. The van der Waals surface area contributed by atoms with Crippen LogP contribution in [0.15, 0.2) is 78.9 Å². The van der Waals surface area contributed by atoms with Gasteiger partial charge in [0.25, 0.3) is 11.6 Å². The average Bonchev–Trinajstić information content (AvgIpc) is 3.36. The smallest absolute Gasteiger partial charge is 0.269 e. The number of nitro benzene ring substituents is 1. The van der Waals surface area contributed by atoms with Gasteiger partial charge in [0.1, 0.15) is 11.7 Å². The number of ether oxygens (including phenoxy) is 1. The maximum atomic E-state index is 13.6. The number of carbonyl (C=O) groups excluding carboxylic acids is 2. The summed E-state index contributed by atoms with van der Waals surface area (Å²) in [5.74, 6) is -1.02. The Labute approximate surface area is 195 Å². The van der Waals surface area contributed by atoms with E-state index in [1.54, 1.807) is 41.5 Å². The quantitative estimate of drug-likeness (QED) is 0.311. The second kappa shape index (κ2) is 8.60. The van der Waals surface area contributed by atoms with Crippen LogP contribution in [-0.4, -0.2) is 29.4 Å². The summed E-state index contributed by atoms with van der Waals surface area (Å²) in [6.07, 6.45) is -1.01. The molecule has 0 radical (unpaired) electrons. The molecule has 3 aromatic rings. The number of benzene rings is 3. The zero-order valence-corrected chi connectivity index (χ0v) is 18.2. The van der Waals surface area contributed by atoms with Crippen molar-refractivity contribution in [3.05, 3.63) is 94.5 Å². The molecule has 2 fully saturated rings. The number of hydrogen-bond donors (Lipinski definition) is 0. The Kier molecular flexibility index (Phi) is 5.46. The largest absolute Gasteiger partial charge is 0.494 e. The number of imide groups is 1. The second-order valence-corrected chi connectivity index (χ2v) is 7.95. The SMILES string of the molecule is CCOc1ccc(N2C(=O)[C@@H]3[C@@H](ON(c4ccccc4)[C@H]3c3ccc([N+](=O)[O-])cc3)C2=O)cc1. The van der Waals surface area contributed by atoms with Crippen molar-refractivity contribution >= 4 is 28.9 Å². The van der Waals surface area contributed by atoms with E-state index in [4.69, 9.17) is 9.57 Å². The molecule has 2 aliphatic rings. The lowest BCUT2D eigenvalue weighted by atomic mass is 9.90. The Bertz CT molecular complexity index is 1230. The first-order chi connectivity index (χ1) is 16.5. The molecule has 34 heavy (non-hydrogen) atoms. The van der Waals surface area contributed by atoms with Crippen molar-refractivity contribution < 1.29 is 24.1 Å². The maximum absolute atomic E-state index is 13.6. The van der Waals surface area contributed by atoms with E-state index in [1.165, 1.54) is 12.1 Å². The molecule has 0 N–H and O–H groups in total. The van der Waals surface area contributed by atoms with Gasteiger partial charge in [-0.1, -0.05) is 30.3 Å². The van der Waals surface area contributed by atoms with Crippen LogP contribution < -0.4 is 14.7 Å². The molecule has 0 aromatic heterocycles. The monoisotopic (exact) mass is 459 g/mol. The van der Waals surface area contributed by atoms with Crippen LogP contribution in [0.1, 0.15) is 18.5 Å². The summed E-state index contributed by atoms with van der Waals surface area (Å²) in [5, 5.41) is 12.7. The first-order valence-electron chi connectivity index (χ1n) is 10.9. The molecule has 2 amide bonds. The van der Waals surface area contributed by atoms with Crippen LogP contribution in [0.25, 0.3) is 0 Å². The topological polar surface area (TPSA) is 102 Å². The molecule has 2 saturated heterocycles. The zero-order valence-electron chi connectivity index (χ0n) is 18.2. The van der Waals surface area contributed by atoms with E-state index in [2.05, 4.69) is 0 Å². The van der Waals surface area contributed by atoms with Crippen LogP contribution in [0.4, 0.5) is 17.1 Å². The maximum Gasteiger partial charge on any atom is 0.269 e. The van der Waals surface area contributed by atoms with Crippen molar-refractivity contribution in [1.82, 2.24) is 0 Å². The molecule has 3 atom stereocenters. The Morgan fingerprint density at radius 3 is 2.21 bits per heavy atom. The molecular weight excluding hydrogens is 438 g/mol. The second-order valence-electron chi connectivity index (χ2n) is 7.95. The number of amides is 2. The van der Waals surface area contributed by atoms with Gasteiger partial charge in [-0.3, -0.25) is 24.5 Å². The van der Waals surface area contributed by atoms with Gasteiger partial charge in [-0.2, -0.15) is 0 Å². The number of rotatable bonds is 6. The fourth-order valence-corrected chi connectivity index (χ4v) is 4.46. The Morgan fingerprint density at radius 1 is 0.912 bits per heavy atom. The van der Waals surface area contributed by atoms with Gasteiger partial charge in [-0.25, -0.2) is 9.96 Å². The predicted molar refractivity (Wildman–Crippen MR) is 123 cm³/mol. The van der Waals surface area contributed by atoms with Gasteiger partial charge in [0.05, 0.1) is 28.9 Å². The zero-order chi connectivity index (χ0) is 23.8. The number of para-hydroxylation sites is 1. The minimum atomic E-state index is -1.01. The fourth-order valence-electron chi connectivity index (χ4n) is 4.46. The summed E-state index contributed by atoms with van der Waals surface area (Å²) in [6.45, 7) is 2.38. The number of anilines is 2. The van der Waals surface area contributed by atoms with Gasteiger partial charge in [-0.05, 0) is 48.9 Å². The van der Waals surface area contributed by atoms with Crippen molar-refractivity contribution in [2.75, 3.05) is 16.6 Å². The fraction of sp³-hybridized carbons (Fsp3) is 0.200. The Balaban J connectivity index is 1.53. The van der Waals surface area contributed by atoms with Crippen LogP contribution in [0.5, 0.6) is 5.75 Å². The van der Waals surface area contributed by atoms with Crippen molar-refractivity contribution in [3.8, 4) is 5.75 Å². The van der Waals surface area contributed by atoms with Gasteiger partial charge in [0.2, 0.25) is 5.91 Å². The minimum absolute atomic E-state index is 0.0599. The van der Waals surface area contributed by atoms with Crippen LogP contribution in [0.3, 0.4) is 0 Å². The van der Waals surface area contributed by atoms with Gasteiger partial charge < -0.3 is 4.74 Å². The van der Waals surface area contributed by atoms with Crippen molar-refractivity contribution in [3.63, 3.8) is 0 Å². The molecule has 9 nitrogen and oxygen atoms in total. The first kappa shape index (κ1) is 21.6. The summed E-state index contributed by atoms with van der Waals surface area (Å²) < 4.78 is 5.45. The summed E-state index contributed by atoms with van der Waals surface area (Å²) in [4.78, 5) is 44.8. The molecule has 0 aliphatic carbocycles. The standard InChI is InChI=1S/C25H21N3O6/c1-2-33-20-14-12-17(13-15-20)26-24(29)21-22(16-8-10-19(11-9-16)28(31)32)27(34-23(21)25(26)30)18-6-4-3-5-7-18/h3-15,21-23H,2H2,1H3/t21-,22-,23+/m0/s1. The lowest BCUT2D eigenvalue weighted by molar-refractivity contribution is -0.384. The number of non-ortho nitro benzene ring substituents is 1. The highest BCUT2D eigenvalue weighted by Gasteiger charge is 2.60. The van der Waals surface area contributed by atoms with E-state index in [1.807, 2.05) is 37.3 Å².